The predicted octanol–water partition coefficient (Wildman–Crippen LogP) is 5.04. The molecule has 3 rings (SSSR count). The van der Waals surface area contributed by atoms with Crippen LogP contribution in [0.5, 0.6) is 0 Å². The second kappa shape index (κ2) is 11.7. The summed E-state index contributed by atoms with van der Waals surface area (Å²) < 4.78 is 5.27. The highest BCUT2D eigenvalue weighted by Gasteiger charge is 2.16. The summed E-state index contributed by atoms with van der Waals surface area (Å²) in [4.78, 5) is 30.0. The van der Waals surface area contributed by atoms with E-state index in [2.05, 4.69) is 22.4 Å². The van der Waals surface area contributed by atoms with Gasteiger partial charge in [-0.1, -0.05) is 42.5 Å². The van der Waals surface area contributed by atoms with Gasteiger partial charge < -0.3 is 10.1 Å². The third-order valence-electron chi connectivity index (χ3n) is 4.60. The number of amides is 1. The number of nitrogens with one attached hydrogen (secondary N) is 1. The van der Waals surface area contributed by atoms with Gasteiger partial charge in [-0.3, -0.25) is 4.79 Å². The van der Waals surface area contributed by atoms with Gasteiger partial charge in [-0.2, -0.15) is 0 Å². The number of carbonyl (C=O) groups is 2. The average Bonchev–Trinajstić information content (AvgIpc) is 3.20. The molecule has 0 saturated carbocycles. The van der Waals surface area contributed by atoms with Crippen LogP contribution in [-0.2, 0) is 21.7 Å². The van der Waals surface area contributed by atoms with Gasteiger partial charge in [0.25, 0.3) is 5.91 Å². The molecule has 1 heterocycles. The molecule has 1 N–H and O–H groups in total. The molecule has 1 atom stereocenters. The maximum absolute atomic E-state index is 12.6. The maximum atomic E-state index is 12.6. The number of aryl methyl sites for hydroxylation is 2. The van der Waals surface area contributed by atoms with E-state index in [-0.39, 0.29) is 18.6 Å². The lowest BCUT2D eigenvalue weighted by atomic mass is 10.1. The van der Waals surface area contributed by atoms with Gasteiger partial charge in [0.1, 0.15) is 0 Å². The van der Waals surface area contributed by atoms with E-state index in [4.69, 9.17) is 4.74 Å². The Hall–Kier alpha value is -2.64. The average molecular weight is 455 g/mol. The Bertz CT molecular complexity index is 1000. The molecule has 1 aromatic heterocycles. The van der Waals surface area contributed by atoms with Crippen molar-refractivity contribution in [3.05, 3.63) is 81.8 Å². The summed E-state index contributed by atoms with van der Waals surface area (Å²) in [7, 11) is 0. The van der Waals surface area contributed by atoms with Gasteiger partial charge in [-0.15, -0.1) is 23.1 Å². The number of benzene rings is 2. The second-order valence-corrected chi connectivity index (χ2v) is 9.29. The van der Waals surface area contributed by atoms with Crippen LogP contribution in [0.4, 0.5) is 0 Å². The Balaban J connectivity index is 1.45. The van der Waals surface area contributed by atoms with Crippen molar-refractivity contribution >= 4 is 35.0 Å². The predicted molar refractivity (Wildman–Crippen MR) is 126 cm³/mol. The van der Waals surface area contributed by atoms with E-state index >= 15 is 0 Å². The van der Waals surface area contributed by atoms with Crippen molar-refractivity contribution in [2.24, 2.45) is 0 Å². The smallest absolute Gasteiger partial charge is 0.339 e. The minimum absolute atomic E-state index is 0.00387. The third kappa shape index (κ3) is 7.52. The SMILES string of the molecule is Cc1nc(CSc2ccccc2C(=O)OCC(=O)NC(C)CCc2ccccc2)cs1. The highest BCUT2D eigenvalue weighted by atomic mass is 32.2. The largest absolute Gasteiger partial charge is 0.452 e. The molecule has 1 amide bonds. The molecule has 0 spiro atoms. The third-order valence-corrected chi connectivity index (χ3v) is 6.53. The summed E-state index contributed by atoms with van der Waals surface area (Å²) in [6.07, 6.45) is 1.70. The fourth-order valence-electron chi connectivity index (χ4n) is 3.01. The van der Waals surface area contributed by atoms with Crippen LogP contribution in [-0.4, -0.2) is 29.5 Å². The van der Waals surface area contributed by atoms with Crippen LogP contribution < -0.4 is 5.32 Å². The lowest BCUT2D eigenvalue weighted by Crippen LogP contribution is -2.36. The number of rotatable bonds is 10. The molecule has 31 heavy (non-hydrogen) atoms. The minimum atomic E-state index is -0.496. The van der Waals surface area contributed by atoms with Crippen LogP contribution in [0.15, 0.2) is 64.9 Å². The molecule has 1 unspecified atom stereocenters. The Morgan fingerprint density at radius 2 is 1.87 bits per heavy atom. The molecule has 0 bridgehead atoms. The Labute approximate surface area is 191 Å². The number of esters is 1. The number of aromatic nitrogens is 1. The van der Waals surface area contributed by atoms with Crippen LogP contribution in [0.25, 0.3) is 0 Å². The van der Waals surface area contributed by atoms with Crippen LogP contribution in [0.1, 0.15) is 40.0 Å². The molecule has 0 aliphatic rings. The van der Waals surface area contributed by atoms with Crippen molar-refractivity contribution in [2.75, 3.05) is 6.61 Å². The summed E-state index contributed by atoms with van der Waals surface area (Å²) in [5, 5.41) is 5.93. The highest BCUT2D eigenvalue weighted by Crippen LogP contribution is 2.27. The van der Waals surface area contributed by atoms with Gasteiger partial charge in [0, 0.05) is 22.1 Å². The minimum Gasteiger partial charge on any atom is -0.452 e. The van der Waals surface area contributed by atoms with Crippen molar-refractivity contribution in [1.29, 1.82) is 0 Å². The molecular formula is C24H26N2O3S2. The van der Waals surface area contributed by atoms with Crippen molar-refractivity contribution < 1.29 is 14.3 Å². The van der Waals surface area contributed by atoms with E-state index < -0.39 is 5.97 Å². The first-order valence-electron chi connectivity index (χ1n) is 10.1. The van der Waals surface area contributed by atoms with E-state index in [0.717, 1.165) is 28.4 Å². The summed E-state index contributed by atoms with van der Waals surface area (Å²) in [5.41, 5.74) is 2.68. The number of thioether (sulfide) groups is 1. The Morgan fingerprint density at radius 3 is 2.61 bits per heavy atom. The van der Waals surface area contributed by atoms with Crippen molar-refractivity contribution in [2.45, 2.75) is 43.4 Å². The molecular weight excluding hydrogens is 428 g/mol. The standard InChI is InChI=1S/C24H26N2O3S2/c1-17(12-13-19-8-4-3-5-9-19)25-23(27)14-29-24(28)21-10-6-7-11-22(21)31-16-20-15-30-18(2)26-20/h3-11,15,17H,12-14,16H2,1-2H3,(H,25,27). The van der Waals surface area contributed by atoms with E-state index in [9.17, 15) is 9.59 Å². The fraction of sp³-hybridized carbons (Fsp3) is 0.292. The van der Waals surface area contributed by atoms with Crippen LogP contribution >= 0.6 is 23.1 Å². The zero-order valence-electron chi connectivity index (χ0n) is 17.7. The van der Waals surface area contributed by atoms with Gasteiger partial charge in [0.15, 0.2) is 6.61 Å². The zero-order chi connectivity index (χ0) is 22.1. The zero-order valence-corrected chi connectivity index (χ0v) is 19.3. The first-order valence-corrected chi connectivity index (χ1v) is 12.0. The lowest BCUT2D eigenvalue weighted by Gasteiger charge is -2.14. The van der Waals surface area contributed by atoms with Crippen molar-refractivity contribution in [1.82, 2.24) is 10.3 Å². The van der Waals surface area contributed by atoms with E-state index in [1.54, 1.807) is 23.5 Å². The second-order valence-electron chi connectivity index (χ2n) is 7.21. The molecule has 162 valence electrons. The van der Waals surface area contributed by atoms with Gasteiger partial charge in [0.05, 0.1) is 16.3 Å². The number of thiazole rings is 1. The van der Waals surface area contributed by atoms with E-state index in [1.807, 2.05) is 49.6 Å². The maximum Gasteiger partial charge on any atom is 0.339 e. The first-order chi connectivity index (χ1) is 15.0. The molecule has 0 aliphatic carbocycles. The first kappa shape index (κ1) is 23.0. The number of ether oxygens (including phenoxy) is 1. The van der Waals surface area contributed by atoms with Gasteiger partial charge in [-0.25, -0.2) is 9.78 Å². The van der Waals surface area contributed by atoms with E-state index in [0.29, 0.717) is 11.3 Å². The normalized spacial score (nSPS) is 11.7. The summed E-state index contributed by atoms with van der Waals surface area (Å²) in [5.74, 6) is -0.115. The van der Waals surface area contributed by atoms with Gasteiger partial charge >= 0.3 is 5.97 Å². The number of hydrogen-bond donors (Lipinski definition) is 1. The van der Waals surface area contributed by atoms with Crippen molar-refractivity contribution in [3.8, 4) is 0 Å². The summed E-state index contributed by atoms with van der Waals surface area (Å²) in [6.45, 7) is 3.63. The van der Waals surface area contributed by atoms with E-state index in [1.165, 1.54) is 17.3 Å². The number of carbonyl (C=O) groups excluding carboxylic acids is 2. The quantitative estimate of drug-likeness (QED) is 0.343. The summed E-state index contributed by atoms with van der Waals surface area (Å²) >= 11 is 3.14. The fourth-order valence-corrected chi connectivity index (χ4v) is 4.66. The number of hydrogen-bond acceptors (Lipinski definition) is 6. The summed E-state index contributed by atoms with van der Waals surface area (Å²) in [6, 6.07) is 17.4. The lowest BCUT2D eigenvalue weighted by molar-refractivity contribution is -0.124. The topological polar surface area (TPSA) is 68.3 Å². The van der Waals surface area contributed by atoms with Crippen molar-refractivity contribution in [3.63, 3.8) is 0 Å². The Morgan fingerprint density at radius 1 is 1.13 bits per heavy atom. The van der Waals surface area contributed by atoms with Crippen LogP contribution in [0.3, 0.4) is 0 Å². The molecule has 0 saturated heterocycles. The molecule has 0 radical (unpaired) electrons. The monoisotopic (exact) mass is 454 g/mol. The highest BCUT2D eigenvalue weighted by molar-refractivity contribution is 7.98. The molecule has 2 aromatic carbocycles. The molecule has 0 aliphatic heterocycles. The molecule has 3 aromatic rings. The molecule has 0 fully saturated rings. The van der Waals surface area contributed by atoms with Gasteiger partial charge in [-0.05, 0) is 44.4 Å². The number of nitrogens with zero attached hydrogens (tertiary/aromatic N) is 1. The Kier molecular flexibility index (Phi) is 8.67. The molecule has 5 nitrogen and oxygen atoms in total. The van der Waals surface area contributed by atoms with Gasteiger partial charge in [0.2, 0.25) is 0 Å². The van der Waals surface area contributed by atoms with Crippen LogP contribution in [0.2, 0.25) is 0 Å². The molecule has 7 heteroatoms. The van der Waals surface area contributed by atoms with Crippen LogP contribution in [0, 0.1) is 6.92 Å².